The van der Waals surface area contributed by atoms with Gasteiger partial charge >= 0.3 is 0 Å². The van der Waals surface area contributed by atoms with Crippen LogP contribution < -0.4 is 22.0 Å². The second-order valence-corrected chi connectivity index (χ2v) is 3.92. The topological polar surface area (TPSA) is 14.0 Å². The molecule has 0 spiro atoms. The van der Waals surface area contributed by atoms with Gasteiger partial charge in [0, 0.05) is 18.6 Å². The molecule has 1 aromatic carbocycles. The molecule has 1 aliphatic heterocycles. The summed E-state index contributed by atoms with van der Waals surface area (Å²) in [6, 6.07) is 8.49. The summed E-state index contributed by atoms with van der Waals surface area (Å²) in [7, 11) is 0. The van der Waals surface area contributed by atoms with Crippen LogP contribution in [0.3, 0.4) is 0 Å². The molecule has 2 rings (SSSR count). The molecule has 1 heterocycles. The van der Waals surface area contributed by atoms with E-state index in [1.165, 1.54) is 17.0 Å². The molecule has 0 saturated carbocycles. The van der Waals surface area contributed by atoms with Gasteiger partial charge in [-0.3, -0.25) is 0 Å². The average Bonchev–Trinajstić information content (AvgIpc) is 2.25. The molecule has 0 unspecified atom stereocenters. The lowest BCUT2D eigenvalue weighted by molar-refractivity contribution is -0.351. The molecule has 1 aliphatic rings. The fraction of sp³-hybridized carbons (Fsp3) is 0.364. The molecule has 0 atom stereocenters. The number of halogens is 1. The van der Waals surface area contributed by atoms with E-state index >= 15 is 0 Å². The first-order valence-corrected chi connectivity index (χ1v) is 4.33. The predicted molar refractivity (Wildman–Crippen MR) is 50.8 cm³/mol. The number of rotatable bonds is 0. The van der Waals surface area contributed by atoms with Gasteiger partial charge in [-0.05, 0) is 13.8 Å². The molecule has 0 aromatic heterocycles. The Morgan fingerprint density at radius 1 is 1.15 bits per heavy atom. The van der Waals surface area contributed by atoms with Gasteiger partial charge in [-0.15, -0.1) is 0 Å². The van der Waals surface area contributed by atoms with Gasteiger partial charge in [0.15, 0.2) is 5.71 Å². The first-order chi connectivity index (χ1) is 5.62. The molecular weight excluding hydrogens is 226 g/mol. The van der Waals surface area contributed by atoms with Crippen molar-refractivity contribution in [1.29, 1.82) is 0 Å². The standard InChI is InChI=1S/C11H13N.BrH/c1-8-11(2,3)9-6-4-5-7-10(9)12-8;/h4-7H,1-3H3;1H. The maximum absolute atomic E-state index is 3.40. The highest BCUT2D eigenvalue weighted by molar-refractivity contribution is 5.91. The fourth-order valence-corrected chi connectivity index (χ4v) is 1.70. The number of benzene rings is 1. The molecule has 13 heavy (non-hydrogen) atoms. The van der Waals surface area contributed by atoms with Gasteiger partial charge in [-0.25, -0.2) is 4.99 Å². The predicted octanol–water partition coefficient (Wildman–Crippen LogP) is -1.85. The summed E-state index contributed by atoms with van der Waals surface area (Å²) < 4.78 is 0. The molecule has 0 saturated heterocycles. The molecule has 0 fully saturated rings. The number of hydrogen-bond donors (Lipinski definition) is 1. The van der Waals surface area contributed by atoms with Gasteiger partial charge in [0.2, 0.25) is 5.69 Å². The van der Waals surface area contributed by atoms with Crippen LogP contribution in [0.4, 0.5) is 5.69 Å². The highest BCUT2D eigenvalue weighted by atomic mass is 79.9. The number of para-hydroxylation sites is 1. The van der Waals surface area contributed by atoms with Crippen molar-refractivity contribution in [2.24, 2.45) is 0 Å². The van der Waals surface area contributed by atoms with Gasteiger partial charge in [-0.2, -0.15) is 0 Å². The number of fused-ring (bicyclic) bond motifs is 1. The van der Waals surface area contributed by atoms with E-state index in [-0.39, 0.29) is 22.4 Å². The molecule has 70 valence electrons. The second-order valence-electron chi connectivity index (χ2n) is 3.92. The lowest BCUT2D eigenvalue weighted by Gasteiger charge is -2.14. The Balaban J connectivity index is 0.000000845. The summed E-state index contributed by atoms with van der Waals surface area (Å²) in [5, 5.41) is 0. The average molecular weight is 240 g/mol. The molecule has 2 heteroatoms. The smallest absolute Gasteiger partial charge is 0.207 e. The molecule has 1 N–H and O–H groups in total. The summed E-state index contributed by atoms with van der Waals surface area (Å²) >= 11 is 0. The van der Waals surface area contributed by atoms with Crippen LogP contribution in [0.2, 0.25) is 0 Å². The van der Waals surface area contributed by atoms with Crippen molar-refractivity contribution in [2.75, 3.05) is 0 Å². The highest BCUT2D eigenvalue weighted by Gasteiger charge is 2.37. The number of nitrogens with one attached hydrogen (secondary N) is 1. The van der Waals surface area contributed by atoms with Crippen LogP contribution in [0, 0.1) is 0 Å². The Bertz CT molecular complexity index is 353. The van der Waals surface area contributed by atoms with E-state index in [1.807, 2.05) is 0 Å². The van der Waals surface area contributed by atoms with Crippen molar-refractivity contribution >= 4 is 11.4 Å². The molecule has 0 amide bonds. The fourth-order valence-electron chi connectivity index (χ4n) is 1.70. The molecule has 0 aliphatic carbocycles. The van der Waals surface area contributed by atoms with Crippen molar-refractivity contribution in [3.63, 3.8) is 0 Å². The van der Waals surface area contributed by atoms with Crippen LogP contribution in [-0.4, -0.2) is 5.71 Å². The summed E-state index contributed by atoms with van der Waals surface area (Å²) in [6.45, 7) is 6.66. The van der Waals surface area contributed by atoms with Crippen molar-refractivity contribution < 1.29 is 22.0 Å². The first-order valence-electron chi connectivity index (χ1n) is 4.33. The van der Waals surface area contributed by atoms with Crippen LogP contribution in [0.15, 0.2) is 24.3 Å². The van der Waals surface area contributed by atoms with E-state index < -0.39 is 0 Å². The minimum absolute atomic E-state index is 0. The molecular formula is C11H14BrN. The summed E-state index contributed by atoms with van der Waals surface area (Å²) in [6.07, 6.45) is 0. The zero-order valence-corrected chi connectivity index (χ0v) is 9.77. The van der Waals surface area contributed by atoms with Crippen molar-refractivity contribution in [3.8, 4) is 0 Å². The van der Waals surface area contributed by atoms with Crippen molar-refractivity contribution in [1.82, 2.24) is 0 Å². The Hall–Kier alpha value is -0.630. The van der Waals surface area contributed by atoms with Crippen LogP contribution in [0.25, 0.3) is 0 Å². The Morgan fingerprint density at radius 3 is 2.38 bits per heavy atom. The first kappa shape index (κ1) is 10.5. The summed E-state index contributed by atoms with van der Waals surface area (Å²) in [5.74, 6) is 0. The SMILES string of the molecule is CC1=[NH+]c2ccccc2C1(C)C.[Br-]. The quantitative estimate of drug-likeness (QED) is 0.547. The van der Waals surface area contributed by atoms with Crippen LogP contribution >= 0.6 is 0 Å². The Morgan fingerprint density at radius 2 is 1.77 bits per heavy atom. The third kappa shape index (κ3) is 1.44. The van der Waals surface area contributed by atoms with Crippen molar-refractivity contribution in [3.05, 3.63) is 29.8 Å². The maximum Gasteiger partial charge on any atom is 0.207 e. The summed E-state index contributed by atoms with van der Waals surface area (Å²) in [4.78, 5) is 3.40. The third-order valence-corrected chi connectivity index (χ3v) is 2.86. The second kappa shape index (κ2) is 3.26. The zero-order valence-electron chi connectivity index (χ0n) is 8.19. The van der Waals surface area contributed by atoms with Crippen LogP contribution in [-0.2, 0) is 5.41 Å². The van der Waals surface area contributed by atoms with E-state index in [1.54, 1.807) is 0 Å². The van der Waals surface area contributed by atoms with E-state index in [0.717, 1.165) is 0 Å². The van der Waals surface area contributed by atoms with Crippen molar-refractivity contribution in [2.45, 2.75) is 26.2 Å². The molecule has 0 bridgehead atoms. The Kier molecular flexibility index (Phi) is 2.62. The zero-order chi connectivity index (χ0) is 8.77. The van der Waals surface area contributed by atoms with Crippen LogP contribution in [0.5, 0.6) is 0 Å². The van der Waals surface area contributed by atoms with E-state index in [0.29, 0.717) is 0 Å². The normalized spacial score (nSPS) is 17.3. The maximum atomic E-state index is 3.40. The minimum Gasteiger partial charge on any atom is -1.00 e. The highest BCUT2D eigenvalue weighted by Crippen LogP contribution is 2.30. The molecule has 1 aromatic rings. The lowest BCUT2D eigenvalue weighted by atomic mass is 9.82. The molecule has 1 nitrogen and oxygen atoms in total. The Labute approximate surface area is 89.7 Å². The van der Waals surface area contributed by atoms with E-state index in [2.05, 4.69) is 50.0 Å². The lowest BCUT2D eigenvalue weighted by Crippen LogP contribution is -3.00. The van der Waals surface area contributed by atoms with Gasteiger partial charge in [0.05, 0.1) is 5.41 Å². The largest absolute Gasteiger partial charge is 1.00 e. The number of hydrogen-bond acceptors (Lipinski definition) is 0. The van der Waals surface area contributed by atoms with Gasteiger partial charge < -0.3 is 17.0 Å². The molecule has 0 radical (unpaired) electrons. The monoisotopic (exact) mass is 239 g/mol. The van der Waals surface area contributed by atoms with E-state index in [4.69, 9.17) is 0 Å². The van der Waals surface area contributed by atoms with Gasteiger partial charge in [0.1, 0.15) is 0 Å². The summed E-state index contributed by atoms with van der Waals surface area (Å²) in [5.41, 5.74) is 4.20. The van der Waals surface area contributed by atoms with Gasteiger partial charge in [0.25, 0.3) is 0 Å². The van der Waals surface area contributed by atoms with Crippen LogP contribution in [0.1, 0.15) is 26.3 Å². The minimum atomic E-state index is 0. The van der Waals surface area contributed by atoms with E-state index in [9.17, 15) is 0 Å². The third-order valence-electron chi connectivity index (χ3n) is 2.86. The van der Waals surface area contributed by atoms with Gasteiger partial charge in [-0.1, -0.05) is 18.2 Å².